The van der Waals surface area contributed by atoms with Gasteiger partial charge in [-0.1, -0.05) is 11.6 Å². The van der Waals surface area contributed by atoms with E-state index >= 15 is 0 Å². The summed E-state index contributed by atoms with van der Waals surface area (Å²) in [5.74, 6) is 0. The fourth-order valence-electron chi connectivity index (χ4n) is 1.23. The highest BCUT2D eigenvalue weighted by atomic mass is 79.9. The molecule has 0 aliphatic carbocycles. The van der Waals surface area contributed by atoms with Crippen LogP contribution in [0.5, 0.6) is 0 Å². The molecule has 0 spiro atoms. The number of aromatic nitrogens is 3. The van der Waals surface area contributed by atoms with E-state index in [9.17, 15) is 8.42 Å². The Balaban J connectivity index is 2.40. The summed E-state index contributed by atoms with van der Waals surface area (Å²) in [4.78, 5) is 7.67. The predicted octanol–water partition coefficient (Wildman–Crippen LogP) is 2.03. The second-order valence-electron chi connectivity index (χ2n) is 3.40. The van der Waals surface area contributed by atoms with E-state index in [1.165, 1.54) is 17.1 Å². The summed E-state index contributed by atoms with van der Waals surface area (Å²) < 4.78 is 28.3. The molecule has 0 aromatic carbocycles. The number of halogens is 2. The Morgan fingerprint density at radius 1 is 1.44 bits per heavy atom. The number of rotatable bonds is 3. The van der Waals surface area contributed by atoms with Gasteiger partial charge in [-0.25, -0.2) is 9.97 Å². The molecule has 0 amide bonds. The molecule has 0 saturated carbocycles. The summed E-state index contributed by atoms with van der Waals surface area (Å²) in [6, 6.07) is 3.19. The number of nitrogens with zero attached hydrogens (tertiary/aromatic N) is 3. The van der Waals surface area contributed by atoms with E-state index in [2.05, 4.69) is 30.6 Å². The van der Waals surface area contributed by atoms with Crippen molar-refractivity contribution in [3.05, 3.63) is 34.4 Å². The highest BCUT2D eigenvalue weighted by molar-refractivity contribution is 9.10. The number of pyridine rings is 1. The van der Waals surface area contributed by atoms with Gasteiger partial charge in [0.25, 0.3) is 10.0 Å². The number of anilines is 1. The molecule has 0 aliphatic rings. The number of nitrogens with one attached hydrogen (secondary N) is 1. The molecule has 0 saturated heterocycles. The lowest BCUT2D eigenvalue weighted by molar-refractivity contribution is 0.598. The van der Waals surface area contributed by atoms with E-state index in [1.54, 1.807) is 19.2 Å². The standard InChI is InChI=1S/C9H8BrClN4O2S/c1-15-5-13-9(8(15)11)18(16,17)14-6-3-2-4-12-7(6)10/h2-5,14H,1H3. The molecule has 18 heavy (non-hydrogen) atoms. The van der Waals surface area contributed by atoms with Crippen molar-refractivity contribution in [3.63, 3.8) is 0 Å². The number of hydrogen-bond donors (Lipinski definition) is 1. The Hall–Kier alpha value is -1.12. The first-order chi connectivity index (χ1) is 8.42. The van der Waals surface area contributed by atoms with Crippen LogP contribution in [0.1, 0.15) is 0 Å². The average molecular weight is 352 g/mol. The number of hydrogen-bond acceptors (Lipinski definition) is 4. The Morgan fingerprint density at radius 2 is 2.17 bits per heavy atom. The van der Waals surface area contributed by atoms with Crippen LogP contribution in [0.15, 0.2) is 34.3 Å². The molecule has 2 heterocycles. The van der Waals surface area contributed by atoms with Gasteiger partial charge in [0.2, 0.25) is 5.03 Å². The van der Waals surface area contributed by atoms with Crippen LogP contribution in [0.25, 0.3) is 0 Å². The zero-order valence-corrected chi connectivity index (χ0v) is 12.3. The summed E-state index contributed by atoms with van der Waals surface area (Å²) in [6.07, 6.45) is 2.87. The molecule has 0 fully saturated rings. The Labute approximate surface area is 117 Å². The summed E-state index contributed by atoms with van der Waals surface area (Å²) in [5.41, 5.74) is 0.319. The largest absolute Gasteiger partial charge is 0.324 e. The van der Waals surface area contributed by atoms with Crippen molar-refractivity contribution in [2.75, 3.05) is 4.72 Å². The van der Waals surface area contributed by atoms with Crippen LogP contribution in [0.3, 0.4) is 0 Å². The smallest absolute Gasteiger partial charge is 0.282 e. The first kappa shape index (κ1) is 13.3. The van der Waals surface area contributed by atoms with Crippen LogP contribution in [-0.4, -0.2) is 23.0 Å². The van der Waals surface area contributed by atoms with Crippen LogP contribution in [-0.2, 0) is 17.1 Å². The van der Waals surface area contributed by atoms with E-state index < -0.39 is 10.0 Å². The molecule has 2 aromatic heterocycles. The van der Waals surface area contributed by atoms with Gasteiger partial charge in [0, 0.05) is 13.2 Å². The van der Waals surface area contributed by atoms with Crippen LogP contribution in [0.2, 0.25) is 5.15 Å². The first-order valence-electron chi connectivity index (χ1n) is 4.72. The van der Waals surface area contributed by atoms with Gasteiger partial charge >= 0.3 is 0 Å². The van der Waals surface area contributed by atoms with Gasteiger partial charge in [0.15, 0.2) is 0 Å². The lowest BCUT2D eigenvalue weighted by atomic mass is 10.4. The molecule has 0 radical (unpaired) electrons. The monoisotopic (exact) mass is 350 g/mol. The fourth-order valence-corrected chi connectivity index (χ4v) is 3.21. The lowest BCUT2D eigenvalue weighted by Crippen LogP contribution is -2.14. The van der Waals surface area contributed by atoms with Crippen molar-refractivity contribution in [2.45, 2.75) is 5.03 Å². The van der Waals surface area contributed by atoms with Crippen LogP contribution >= 0.6 is 27.5 Å². The third-order valence-corrected chi connectivity index (χ3v) is 4.58. The van der Waals surface area contributed by atoms with E-state index in [0.29, 0.717) is 10.3 Å². The zero-order valence-electron chi connectivity index (χ0n) is 9.13. The van der Waals surface area contributed by atoms with Gasteiger partial charge < -0.3 is 4.57 Å². The maximum absolute atomic E-state index is 12.1. The van der Waals surface area contributed by atoms with Gasteiger partial charge in [0.1, 0.15) is 9.76 Å². The molecule has 2 aromatic rings. The molecular weight excluding hydrogens is 344 g/mol. The summed E-state index contributed by atoms with van der Waals surface area (Å²) in [5, 5.41) is -0.176. The summed E-state index contributed by atoms with van der Waals surface area (Å²) in [7, 11) is -2.22. The highest BCUT2D eigenvalue weighted by Gasteiger charge is 2.23. The minimum absolute atomic E-state index is 0.0440. The van der Waals surface area contributed by atoms with Crippen molar-refractivity contribution < 1.29 is 8.42 Å². The van der Waals surface area contributed by atoms with Crippen molar-refractivity contribution in [3.8, 4) is 0 Å². The summed E-state index contributed by atoms with van der Waals surface area (Å²) >= 11 is 9.00. The SMILES string of the molecule is Cn1cnc(S(=O)(=O)Nc2cccnc2Br)c1Cl. The van der Waals surface area contributed by atoms with Crippen LogP contribution in [0.4, 0.5) is 5.69 Å². The predicted molar refractivity (Wildman–Crippen MR) is 71.0 cm³/mol. The number of imidazole rings is 1. The van der Waals surface area contributed by atoms with Gasteiger partial charge in [0.05, 0.1) is 12.0 Å². The third kappa shape index (κ3) is 2.50. The second-order valence-corrected chi connectivity index (χ2v) is 6.11. The topological polar surface area (TPSA) is 76.9 Å². The number of sulfonamides is 1. The molecule has 0 aliphatic heterocycles. The normalized spacial score (nSPS) is 11.5. The zero-order chi connectivity index (χ0) is 13.3. The fraction of sp³-hybridized carbons (Fsp3) is 0.111. The van der Waals surface area contributed by atoms with Crippen molar-refractivity contribution in [1.29, 1.82) is 0 Å². The van der Waals surface area contributed by atoms with Gasteiger partial charge in [-0.15, -0.1) is 0 Å². The van der Waals surface area contributed by atoms with E-state index in [1.807, 2.05) is 0 Å². The lowest BCUT2D eigenvalue weighted by Gasteiger charge is -2.07. The quantitative estimate of drug-likeness (QED) is 0.858. The minimum atomic E-state index is -3.83. The van der Waals surface area contributed by atoms with E-state index in [0.717, 1.165) is 0 Å². The average Bonchev–Trinajstić information content (AvgIpc) is 2.63. The molecule has 1 N–H and O–H groups in total. The second kappa shape index (κ2) is 4.87. The van der Waals surface area contributed by atoms with Crippen molar-refractivity contribution in [2.24, 2.45) is 7.05 Å². The van der Waals surface area contributed by atoms with Crippen molar-refractivity contribution >= 4 is 43.2 Å². The van der Waals surface area contributed by atoms with E-state index in [4.69, 9.17) is 11.6 Å². The first-order valence-corrected chi connectivity index (χ1v) is 7.37. The molecular formula is C9H8BrClN4O2S. The molecule has 2 rings (SSSR count). The summed E-state index contributed by atoms with van der Waals surface area (Å²) in [6.45, 7) is 0. The Kier molecular flexibility index (Phi) is 3.60. The highest BCUT2D eigenvalue weighted by Crippen LogP contribution is 2.24. The molecule has 0 unspecified atom stereocenters. The van der Waals surface area contributed by atoms with Crippen LogP contribution < -0.4 is 4.72 Å². The number of aryl methyl sites for hydroxylation is 1. The van der Waals surface area contributed by atoms with Crippen LogP contribution in [0, 0.1) is 0 Å². The molecule has 0 bridgehead atoms. The Morgan fingerprint density at radius 3 is 2.72 bits per heavy atom. The third-order valence-electron chi connectivity index (χ3n) is 2.09. The van der Waals surface area contributed by atoms with Gasteiger partial charge in [-0.05, 0) is 28.1 Å². The maximum Gasteiger partial charge on any atom is 0.282 e. The molecule has 9 heteroatoms. The molecule has 6 nitrogen and oxygen atoms in total. The van der Waals surface area contributed by atoms with Gasteiger partial charge in [-0.3, -0.25) is 4.72 Å². The molecule has 96 valence electrons. The van der Waals surface area contributed by atoms with Crippen molar-refractivity contribution in [1.82, 2.24) is 14.5 Å². The van der Waals surface area contributed by atoms with E-state index in [-0.39, 0.29) is 10.2 Å². The molecule has 0 atom stereocenters. The maximum atomic E-state index is 12.1. The van der Waals surface area contributed by atoms with Gasteiger partial charge in [-0.2, -0.15) is 8.42 Å². The Bertz CT molecular complexity index is 686. The minimum Gasteiger partial charge on any atom is -0.324 e.